The van der Waals surface area contributed by atoms with Gasteiger partial charge in [0.05, 0.1) is 6.04 Å². The molecule has 0 radical (unpaired) electrons. The second-order valence-electron chi connectivity index (χ2n) is 5.32. The van der Waals surface area contributed by atoms with E-state index in [1.54, 1.807) is 12.1 Å². The molecule has 7 heteroatoms. The Morgan fingerprint density at radius 2 is 1.83 bits per heavy atom. The summed E-state index contributed by atoms with van der Waals surface area (Å²) in [6.07, 6.45) is 1.42. The first-order valence-electron chi connectivity index (χ1n) is 7.75. The van der Waals surface area contributed by atoms with E-state index >= 15 is 0 Å². The molecule has 0 aliphatic heterocycles. The van der Waals surface area contributed by atoms with Gasteiger partial charge in [0.25, 0.3) is 5.56 Å². The number of hydrogen-bond acceptors (Lipinski definition) is 4. The highest BCUT2D eigenvalue weighted by Crippen LogP contribution is 2.20. The van der Waals surface area contributed by atoms with Crippen molar-refractivity contribution in [3.63, 3.8) is 0 Å². The fourth-order valence-electron chi connectivity index (χ4n) is 2.40. The Kier molecular flexibility index (Phi) is 5.96. The summed E-state index contributed by atoms with van der Waals surface area (Å²) in [6.45, 7) is 6.51. The van der Waals surface area contributed by atoms with Crippen molar-refractivity contribution in [2.75, 3.05) is 0 Å². The molecule has 0 bridgehead atoms. The molecule has 24 heavy (non-hydrogen) atoms. The van der Waals surface area contributed by atoms with Crippen LogP contribution in [0.1, 0.15) is 37.9 Å². The molecule has 2 aromatic rings. The number of hydrogen-bond donors (Lipinski definition) is 1. The van der Waals surface area contributed by atoms with Crippen molar-refractivity contribution in [2.24, 2.45) is 4.99 Å². The van der Waals surface area contributed by atoms with Crippen LogP contribution >= 0.6 is 23.8 Å². The number of nitrogens with zero attached hydrogens (tertiary/aromatic N) is 3. The molecule has 1 aromatic heterocycles. The van der Waals surface area contributed by atoms with Gasteiger partial charge in [0.15, 0.2) is 4.77 Å². The molecule has 1 atom stereocenters. The molecule has 2 rings (SSSR count). The van der Waals surface area contributed by atoms with E-state index in [4.69, 9.17) is 23.8 Å². The molecule has 0 saturated heterocycles. The molecule has 5 nitrogen and oxygen atoms in total. The molecule has 0 aliphatic rings. The Morgan fingerprint density at radius 1 is 1.25 bits per heavy atom. The van der Waals surface area contributed by atoms with Crippen molar-refractivity contribution in [3.05, 3.63) is 55.5 Å². The van der Waals surface area contributed by atoms with E-state index < -0.39 is 0 Å². The number of aromatic nitrogens is 2. The summed E-state index contributed by atoms with van der Waals surface area (Å²) in [5.74, 6) is -0.149. The first kappa shape index (κ1) is 18.4. The van der Waals surface area contributed by atoms with Gasteiger partial charge in [-0.05, 0) is 50.7 Å². The highest BCUT2D eigenvalue weighted by Gasteiger charge is 2.14. The van der Waals surface area contributed by atoms with E-state index in [9.17, 15) is 9.90 Å². The van der Waals surface area contributed by atoms with E-state index in [2.05, 4.69) is 4.99 Å². The van der Waals surface area contributed by atoms with Gasteiger partial charge >= 0.3 is 0 Å². The molecule has 0 spiro atoms. The molecule has 128 valence electrons. The second kappa shape index (κ2) is 7.77. The van der Waals surface area contributed by atoms with Crippen LogP contribution in [0.15, 0.2) is 34.1 Å². The van der Waals surface area contributed by atoms with Crippen LogP contribution in [0.3, 0.4) is 0 Å². The lowest BCUT2D eigenvalue weighted by Gasteiger charge is -2.14. The predicted octanol–water partition coefficient (Wildman–Crippen LogP) is 3.96. The predicted molar refractivity (Wildman–Crippen MR) is 100.0 cm³/mol. The molecule has 0 amide bonds. The molecule has 0 fully saturated rings. The zero-order valence-electron chi connectivity index (χ0n) is 13.9. The van der Waals surface area contributed by atoms with Crippen LogP contribution in [0, 0.1) is 4.77 Å². The van der Waals surface area contributed by atoms with Gasteiger partial charge in [-0.25, -0.2) is 0 Å². The molecular formula is C17H20ClN3O2S. The maximum absolute atomic E-state index is 12.5. The lowest BCUT2D eigenvalue weighted by Crippen LogP contribution is -2.28. The van der Waals surface area contributed by atoms with Crippen molar-refractivity contribution in [2.45, 2.75) is 39.9 Å². The molecular weight excluding hydrogens is 346 g/mol. The minimum Gasteiger partial charge on any atom is -0.494 e. The first-order chi connectivity index (χ1) is 11.4. The Hall–Kier alpha value is -1.92. The Balaban J connectivity index is 2.47. The fourth-order valence-corrected chi connectivity index (χ4v) is 2.95. The summed E-state index contributed by atoms with van der Waals surface area (Å²) in [6, 6.07) is 7.18. The van der Waals surface area contributed by atoms with Crippen LogP contribution in [0.2, 0.25) is 5.02 Å². The number of halogens is 1. The molecule has 0 aliphatic carbocycles. The van der Waals surface area contributed by atoms with Gasteiger partial charge < -0.3 is 5.11 Å². The molecule has 0 unspecified atom stereocenters. The normalized spacial score (nSPS) is 12.7. The number of benzene rings is 1. The zero-order chi connectivity index (χ0) is 17.9. The molecule has 1 N–H and O–H groups in total. The highest BCUT2D eigenvalue weighted by molar-refractivity contribution is 7.71. The largest absolute Gasteiger partial charge is 0.494 e. The van der Waals surface area contributed by atoms with E-state index in [0.717, 1.165) is 5.56 Å². The lowest BCUT2D eigenvalue weighted by atomic mass is 10.1. The van der Waals surface area contributed by atoms with Crippen LogP contribution in [0.4, 0.5) is 0 Å². The Morgan fingerprint density at radius 3 is 2.38 bits per heavy atom. The summed E-state index contributed by atoms with van der Waals surface area (Å²) in [5.41, 5.74) is 0.777. The van der Waals surface area contributed by atoms with Gasteiger partial charge in [0, 0.05) is 24.3 Å². The zero-order valence-corrected chi connectivity index (χ0v) is 15.4. The minimum absolute atomic E-state index is 0.146. The van der Waals surface area contributed by atoms with Crippen LogP contribution in [0.25, 0.3) is 0 Å². The van der Waals surface area contributed by atoms with Crippen LogP contribution in [-0.4, -0.2) is 20.5 Å². The summed E-state index contributed by atoms with van der Waals surface area (Å²) in [4.78, 5) is 16.9. The van der Waals surface area contributed by atoms with Crippen molar-refractivity contribution in [1.82, 2.24) is 9.13 Å². The number of rotatable bonds is 5. The van der Waals surface area contributed by atoms with Crippen LogP contribution in [-0.2, 0) is 13.1 Å². The van der Waals surface area contributed by atoms with Crippen LogP contribution in [0.5, 0.6) is 5.88 Å². The van der Waals surface area contributed by atoms with Gasteiger partial charge in [0.2, 0.25) is 5.88 Å². The number of aromatic hydroxyl groups is 1. The van der Waals surface area contributed by atoms with Gasteiger partial charge in [-0.1, -0.05) is 23.7 Å². The maximum Gasteiger partial charge on any atom is 0.267 e. The SMILES string of the molecule is CCn1c(O)c(C=N[C@@H](C)c2ccc(Cl)cc2)c(=O)n(CC)c1=S. The van der Waals surface area contributed by atoms with Crippen molar-refractivity contribution in [1.29, 1.82) is 0 Å². The van der Waals surface area contributed by atoms with E-state index in [0.29, 0.717) is 22.9 Å². The van der Waals surface area contributed by atoms with E-state index in [-0.39, 0.29) is 23.0 Å². The first-order valence-corrected chi connectivity index (χ1v) is 8.54. The third kappa shape index (κ3) is 3.60. The monoisotopic (exact) mass is 365 g/mol. The minimum atomic E-state index is -0.336. The highest BCUT2D eigenvalue weighted by atomic mass is 35.5. The fraction of sp³-hybridized carbons (Fsp3) is 0.353. The average Bonchev–Trinajstić information content (AvgIpc) is 2.56. The van der Waals surface area contributed by atoms with Gasteiger partial charge in [-0.15, -0.1) is 0 Å². The van der Waals surface area contributed by atoms with Crippen molar-refractivity contribution >= 4 is 30.0 Å². The summed E-state index contributed by atoms with van der Waals surface area (Å²) >= 11 is 11.1. The summed E-state index contributed by atoms with van der Waals surface area (Å²) in [7, 11) is 0. The lowest BCUT2D eigenvalue weighted by molar-refractivity contribution is 0.399. The quantitative estimate of drug-likeness (QED) is 0.644. The number of aliphatic imine (C=N–C) groups is 1. The van der Waals surface area contributed by atoms with Gasteiger partial charge in [-0.3, -0.25) is 18.9 Å². The Bertz CT molecular complexity index is 869. The van der Waals surface area contributed by atoms with E-state index in [1.165, 1.54) is 15.3 Å². The second-order valence-corrected chi connectivity index (χ2v) is 6.12. The molecule has 1 heterocycles. The van der Waals surface area contributed by atoms with Gasteiger partial charge in [-0.2, -0.15) is 0 Å². The molecule has 0 saturated carbocycles. The molecule has 1 aromatic carbocycles. The summed E-state index contributed by atoms with van der Waals surface area (Å²) in [5, 5.41) is 11.0. The topological polar surface area (TPSA) is 59.5 Å². The summed E-state index contributed by atoms with van der Waals surface area (Å²) < 4.78 is 3.28. The van der Waals surface area contributed by atoms with Gasteiger partial charge in [0.1, 0.15) is 5.56 Å². The Labute approximate surface area is 150 Å². The average molecular weight is 366 g/mol. The van der Waals surface area contributed by atoms with Crippen molar-refractivity contribution < 1.29 is 5.11 Å². The smallest absolute Gasteiger partial charge is 0.267 e. The third-order valence-corrected chi connectivity index (χ3v) is 4.54. The van der Waals surface area contributed by atoms with E-state index in [1.807, 2.05) is 32.9 Å². The standard InChI is InChI=1S/C17H20ClN3O2S/c1-4-20-15(22)14(16(23)21(5-2)17(20)24)10-19-11(3)12-6-8-13(18)9-7-12/h6-11,22H,4-5H2,1-3H3/t11-/m0/s1. The van der Waals surface area contributed by atoms with Crippen LogP contribution < -0.4 is 5.56 Å². The maximum atomic E-state index is 12.5. The third-order valence-electron chi connectivity index (χ3n) is 3.85. The van der Waals surface area contributed by atoms with Crippen molar-refractivity contribution in [3.8, 4) is 5.88 Å².